The van der Waals surface area contributed by atoms with Crippen molar-refractivity contribution >= 4 is 17.0 Å². The number of benzene rings is 1. The molecule has 8 heteroatoms. The fourth-order valence-corrected chi connectivity index (χ4v) is 4.41. The highest BCUT2D eigenvalue weighted by Crippen LogP contribution is 2.33. The predicted molar refractivity (Wildman–Crippen MR) is 119 cm³/mol. The molecule has 5 rings (SSSR count). The summed E-state index contributed by atoms with van der Waals surface area (Å²) >= 11 is 0. The number of para-hydroxylation sites is 2. The van der Waals surface area contributed by atoms with Gasteiger partial charge in [-0.05, 0) is 42.7 Å². The highest BCUT2D eigenvalue weighted by Gasteiger charge is 2.26. The summed E-state index contributed by atoms with van der Waals surface area (Å²) in [5.41, 5.74) is 4.35. The highest BCUT2D eigenvalue weighted by atomic mass is 16.4. The first-order valence-electron chi connectivity index (χ1n) is 10.8. The van der Waals surface area contributed by atoms with E-state index in [2.05, 4.69) is 15.0 Å². The molecule has 0 aliphatic carbocycles. The van der Waals surface area contributed by atoms with Crippen molar-refractivity contribution in [3.05, 3.63) is 77.6 Å². The topological polar surface area (TPSA) is 94.1 Å². The maximum atomic E-state index is 12.8. The molecule has 0 atom stereocenters. The van der Waals surface area contributed by atoms with Gasteiger partial charge in [-0.15, -0.1) is 0 Å². The van der Waals surface area contributed by atoms with Crippen LogP contribution in [0.2, 0.25) is 0 Å². The largest absolute Gasteiger partial charge is 0.419 e. The van der Waals surface area contributed by atoms with Gasteiger partial charge in [0.05, 0.1) is 11.2 Å². The third kappa shape index (κ3) is 3.91. The van der Waals surface area contributed by atoms with E-state index in [9.17, 15) is 9.59 Å². The molecular weight excluding hydrogens is 406 g/mol. The van der Waals surface area contributed by atoms with Gasteiger partial charge in [0.2, 0.25) is 5.91 Å². The van der Waals surface area contributed by atoms with E-state index in [1.54, 1.807) is 24.8 Å². The lowest BCUT2D eigenvalue weighted by molar-refractivity contribution is -0.132. The van der Waals surface area contributed by atoms with Crippen molar-refractivity contribution in [3.8, 4) is 11.1 Å². The van der Waals surface area contributed by atoms with Gasteiger partial charge < -0.3 is 9.32 Å². The van der Waals surface area contributed by atoms with Gasteiger partial charge in [-0.25, -0.2) is 14.8 Å². The van der Waals surface area contributed by atoms with Crippen LogP contribution in [0, 0.1) is 0 Å². The van der Waals surface area contributed by atoms with Crippen LogP contribution in [0.3, 0.4) is 0 Å². The quantitative estimate of drug-likeness (QED) is 0.483. The molecule has 8 nitrogen and oxygen atoms in total. The van der Waals surface area contributed by atoms with Gasteiger partial charge in [0.1, 0.15) is 6.33 Å². The second kappa shape index (κ2) is 8.74. The predicted octanol–water partition coefficient (Wildman–Crippen LogP) is 3.24. The summed E-state index contributed by atoms with van der Waals surface area (Å²) in [6, 6.07) is 11.2. The molecule has 0 radical (unpaired) electrons. The molecule has 1 aliphatic heterocycles. The van der Waals surface area contributed by atoms with Gasteiger partial charge >= 0.3 is 5.76 Å². The van der Waals surface area contributed by atoms with E-state index in [1.807, 2.05) is 41.4 Å². The Balaban J connectivity index is 1.23. The Bertz CT molecular complexity index is 1290. The molecule has 1 saturated heterocycles. The number of likely N-dealkylation sites (tertiary alicyclic amines) is 1. The Hall–Kier alpha value is -3.81. The van der Waals surface area contributed by atoms with Crippen molar-refractivity contribution in [1.82, 2.24) is 24.4 Å². The van der Waals surface area contributed by atoms with Gasteiger partial charge in [-0.3, -0.25) is 14.3 Å². The summed E-state index contributed by atoms with van der Waals surface area (Å²) in [6.45, 7) is 1.65. The van der Waals surface area contributed by atoms with E-state index in [0.29, 0.717) is 25.2 Å². The summed E-state index contributed by atoms with van der Waals surface area (Å²) < 4.78 is 6.78. The van der Waals surface area contributed by atoms with Gasteiger partial charge in [-0.2, -0.15) is 0 Å². The van der Waals surface area contributed by atoms with E-state index in [1.165, 1.54) is 4.57 Å². The zero-order valence-electron chi connectivity index (χ0n) is 17.6. The van der Waals surface area contributed by atoms with Crippen molar-refractivity contribution in [2.24, 2.45) is 0 Å². The Morgan fingerprint density at radius 1 is 1.06 bits per heavy atom. The van der Waals surface area contributed by atoms with Crippen LogP contribution in [0.25, 0.3) is 22.2 Å². The number of amides is 1. The van der Waals surface area contributed by atoms with Crippen molar-refractivity contribution in [2.45, 2.75) is 31.7 Å². The van der Waals surface area contributed by atoms with Crippen molar-refractivity contribution in [2.75, 3.05) is 13.1 Å². The van der Waals surface area contributed by atoms with Gasteiger partial charge in [0.25, 0.3) is 0 Å². The van der Waals surface area contributed by atoms with Gasteiger partial charge in [-0.1, -0.05) is 12.1 Å². The van der Waals surface area contributed by atoms with Crippen molar-refractivity contribution < 1.29 is 9.21 Å². The number of hydrogen-bond acceptors (Lipinski definition) is 6. The fraction of sp³-hybridized carbons (Fsp3) is 0.292. The second-order valence-electron chi connectivity index (χ2n) is 7.95. The van der Waals surface area contributed by atoms with Crippen molar-refractivity contribution in [1.29, 1.82) is 0 Å². The van der Waals surface area contributed by atoms with Gasteiger partial charge in [0, 0.05) is 56.1 Å². The van der Waals surface area contributed by atoms with E-state index in [0.717, 1.165) is 35.2 Å². The molecule has 162 valence electrons. The first-order chi connectivity index (χ1) is 15.7. The standard InChI is InChI=1S/C24H23N5O3/c30-22(9-14-29-20-3-1-2-4-21(20)32-24(29)31)28-12-7-18(8-13-28)23-19(15-26-16-27-23)17-5-10-25-11-6-17/h1-6,10-11,15-16,18H,7-9,12-14H2. The number of nitrogens with zero attached hydrogens (tertiary/aromatic N) is 5. The Morgan fingerprint density at radius 3 is 2.66 bits per heavy atom. The minimum absolute atomic E-state index is 0.0534. The summed E-state index contributed by atoms with van der Waals surface area (Å²) in [6.07, 6.45) is 8.92. The van der Waals surface area contributed by atoms with E-state index in [4.69, 9.17) is 4.42 Å². The first kappa shape index (κ1) is 20.1. The molecule has 1 fully saturated rings. The summed E-state index contributed by atoms with van der Waals surface area (Å²) in [5, 5.41) is 0. The lowest BCUT2D eigenvalue weighted by Crippen LogP contribution is -2.38. The molecule has 0 N–H and O–H groups in total. The monoisotopic (exact) mass is 429 g/mol. The normalized spacial score (nSPS) is 14.7. The molecule has 1 aliphatic rings. The Labute approximate surface area is 184 Å². The van der Waals surface area contributed by atoms with Crippen LogP contribution >= 0.6 is 0 Å². The van der Waals surface area contributed by atoms with Crippen LogP contribution in [0.1, 0.15) is 30.9 Å². The molecule has 4 aromatic rings. The van der Waals surface area contributed by atoms with E-state index >= 15 is 0 Å². The molecule has 0 unspecified atom stereocenters. The number of pyridine rings is 1. The molecule has 32 heavy (non-hydrogen) atoms. The zero-order valence-corrected chi connectivity index (χ0v) is 17.6. The van der Waals surface area contributed by atoms with E-state index in [-0.39, 0.29) is 18.2 Å². The number of piperidine rings is 1. The zero-order chi connectivity index (χ0) is 21.9. The molecule has 1 aromatic carbocycles. The molecule has 1 amide bonds. The minimum Gasteiger partial charge on any atom is -0.408 e. The number of fused-ring (bicyclic) bond motifs is 1. The second-order valence-corrected chi connectivity index (χ2v) is 7.95. The smallest absolute Gasteiger partial charge is 0.408 e. The van der Waals surface area contributed by atoms with Crippen LogP contribution in [-0.4, -0.2) is 43.4 Å². The van der Waals surface area contributed by atoms with Crippen LogP contribution in [0.4, 0.5) is 0 Å². The molecule has 4 heterocycles. The van der Waals surface area contributed by atoms with Crippen LogP contribution in [0.5, 0.6) is 0 Å². The third-order valence-electron chi connectivity index (χ3n) is 6.09. The average molecular weight is 429 g/mol. The maximum Gasteiger partial charge on any atom is 0.419 e. The number of rotatable bonds is 5. The fourth-order valence-electron chi connectivity index (χ4n) is 4.41. The highest BCUT2D eigenvalue weighted by molar-refractivity contribution is 5.77. The van der Waals surface area contributed by atoms with Crippen molar-refractivity contribution in [3.63, 3.8) is 0 Å². The van der Waals surface area contributed by atoms with Gasteiger partial charge in [0.15, 0.2) is 5.58 Å². The number of carbonyl (C=O) groups is 1. The number of aryl methyl sites for hydroxylation is 1. The molecular formula is C24H23N5O3. The Kier molecular flexibility index (Phi) is 5.49. The third-order valence-corrected chi connectivity index (χ3v) is 6.09. The van der Waals surface area contributed by atoms with E-state index < -0.39 is 5.76 Å². The van der Waals surface area contributed by atoms with Crippen LogP contribution in [0.15, 0.2) is 70.5 Å². The Morgan fingerprint density at radius 2 is 1.84 bits per heavy atom. The number of oxazole rings is 1. The number of aromatic nitrogens is 4. The SMILES string of the molecule is O=C(CCn1c(=O)oc2ccccc21)N1CCC(c2ncncc2-c2ccncc2)CC1. The molecule has 0 bridgehead atoms. The summed E-state index contributed by atoms with van der Waals surface area (Å²) in [7, 11) is 0. The maximum absolute atomic E-state index is 12.8. The molecule has 0 saturated carbocycles. The van der Waals surface area contributed by atoms with Crippen LogP contribution in [-0.2, 0) is 11.3 Å². The lowest BCUT2D eigenvalue weighted by Gasteiger charge is -2.32. The first-order valence-corrected chi connectivity index (χ1v) is 10.8. The average Bonchev–Trinajstić information content (AvgIpc) is 3.18. The molecule has 0 spiro atoms. The minimum atomic E-state index is -0.426. The lowest BCUT2D eigenvalue weighted by atomic mass is 9.89. The van der Waals surface area contributed by atoms with Crippen LogP contribution < -0.4 is 5.76 Å². The summed E-state index contributed by atoms with van der Waals surface area (Å²) in [5.74, 6) is -0.103. The number of hydrogen-bond donors (Lipinski definition) is 0. The molecule has 3 aromatic heterocycles. The number of carbonyl (C=O) groups excluding carboxylic acids is 1. The summed E-state index contributed by atoms with van der Waals surface area (Å²) in [4.78, 5) is 39.7.